The van der Waals surface area contributed by atoms with Gasteiger partial charge in [-0.3, -0.25) is 9.48 Å². The smallest absolute Gasteiger partial charge is 0.340 e. The fraction of sp³-hybridized carbons (Fsp3) is 0.500. The van der Waals surface area contributed by atoms with Crippen molar-refractivity contribution in [2.75, 3.05) is 6.54 Å². The molecule has 8 nitrogen and oxygen atoms in total. The number of ether oxygens (including phenoxy) is 1. The van der Waals surface area contributed by atoms with Crippen LogP contribution in [0.5, 0.6) is 0 Å². The van der Waals surface area contributed by atoms with Gasteiger partial charge in [0.25, 0.3) is 5.91 Å². The maximum Gasteiger partial charge on any atom is 0.340 e. The van der Waals surface area contributed by atoms with Crippen molar-refractivity contribution in [2.24, 2.45) is 0 Å². The van der Waals surface area contributed by atoms with Crippen LogP contribution >= 0.6 is 0 Å². The molecule has 2 N–H and O–H groups in total. The molecule has 0 aliphatic heterocycles. The number of carbonyl (C=O) groups is 2. The number of rotatable bonds is 7. The summed E-state index contributed by atoms with van der Waals surface area (Å²) in [6.45, 7) is 8.25. The molecule has 0 spiro atoms. The fourth-order valence-corrected chi connectivity index (χ4v) is 2.44. The highest BCUT2D eigenvalue weighted by atomic mass is 16.5. The maximum atomic E-state index is 12.3. The number of aromatic amines is 1. The van der Waals surface area contributed by atoms with Crippen molar-refractivity contribution in [3.05, 3.63) is 35.2 Å². The fourth-order valence-electron chi connectivity index (χ4n) is 2.44. The van der Waals surface area contributed by atoms with Crippen LogP contribution in [0.1, 0.15) is 52.4 Å². The van der Waals surface area contributed by atoms with Gasteiger partial charge in [0.1, 0.15) is 18.3 Å². The van der Waals surface area contributed by atoms with E-state index >= 15 is 0 Å². The third-order valence-electron chi connectivity index (χ3n) is 3.53. The molecule has 0 aromatic carbocycles. The highest BCUT2D eigenvalue weighted by Crippen LogP contribution is 2.19. The van der Waals surface area contributed by atoms with Crippen molar-refractivity contribution in [1.82, 2.24) is 25.1 Å². The predicted octanol–water partition coefficient (Wildman–Crippen LogP) is 1.61. The van der Waals surface area contributed by atoms with Gasteiger partial charge in [-0.2, -0.15) is 5.10 Å². The number of nitrogens with one attached hydrogen (secondary N) is 2. The van der Waals surface area contributed by atoms with Gasteiger partial charge in [-0.1, -0.05) is 0 Å². The zero-order valence-electron chi connectivity index (χ0n) is 14.4. The van der Waals surface area contributed by atoms with Gasteiger partial charge < -0.3 is 15.0 Å². The van der Waals surface area contributed by atoms with Crippen LogP contribution in [0.25, 0.3) is 0 Å². The Morgan fingerprint density at radius 3 is 2.75 bits per heavy atom. The van der Waals surface area contributed by atoms with E-state index in [4.69, 9.17) is 4.74 Å². The maximum absolute atomic E-state index is 12.3. The lowest BCUT2D eigenvalue weighted by atomic mass is 10.1. The van der Waals surface area contributed by atoms with Gasteiger partial charge in [0.15, 0.2) is 0 Å². The molecule has 0 unspecified atom stereocenters. The third kappa shape index (κ3) is 4.21. The van der Waals surface area contributed by atoms with Crippen LogP contribution in [0.4, 0.5) is 0 Å². The van der Waals surface area contributed by atoms with Crippen molar-refractivity contribution < 1.29 is 14.3 Å². The summed E-state index contributed by atoms with van der Waals surface area (Å²) in [5, 5.41) is 6.84. The number of nitrogens with zero attached hydrogens (tertiary/aromatic N) is 3. The molecule has 0 radical (unpaired) electrons. The highest BCUT2D eigenvalue weighted by molar-refractivity contribution is 6.00. The van der Waals surface area contributed by atoms with Crippen LogP contribution in [0.3, 0.4) is 0 Å². The Balaban J connectivity index is 1.95. The predicted molar refractivity (Wildman–Crippen MR) is 87.8 cm³/mol. The molecular formula is C16H23N5O3. The Kier molecular flexibility index (Phi) is 5.73. The molecule has 0 bridgehead atoms. The summed E-state index contributed by atoms with van der Waals surface area (Å²) in [4.78, 5) is 31.3. The number of aryl methyl sites for hydroxylation is 2. The average molecular weight is 333 g/mol. The number of H-pyrrole nitrogens is 1. The van der Waals surface area contributed by atoms with Crippen LogP contribution < -0.4 is 5.32 Å². The summed E-state index contributed by atoms with van der Waals surface area (Å²) >= 11 is 0. The number of esters is 1. The van der Waals surface area contributed by atoms with Crippen molar-refractivity contribution in [3.8, 4) is 0 Å². The number of aromatic nitrogens is 4. The molecule has 8 heteroatoms. The molecule has 0 saturated heterocycles. The van der Waals surface area contributed by atoms with Crippen LogP contribution in [-0.4, -0.2) is 44.3 Å². The number of hydrogen-bond donors (Lipinski definition) is 2. The lowest BCUT2D eigenvalue weighted by molar-refractivity contribution is 0.0376. The van der Waals surface area contributed by atoms with E-state index in [-0.39, 0.29) is 12.0 Å². The van der Waals surface area contributed by atoms with E-state index in [9.17, 15) is 9.59 Å². The number of hydrogen-bond acceptors (Lipinski definition) is 5. The Bertz CT molecular complexity index is 704. The SMILES string of the molecule is Cc1[nH]c(C(=O)NCCCn2cncn2)c(C)c1C(=O)OC(C)C. The van der Waals surface area contributed by atoms with Gasteiger partial charge in [-0.05, 0) is 39.7 Å². The van der Waals surface area contributed by atoms with Gasteiger partial charge >= 0.3 is 5.97 Å². The van der Waals surface area contributed by atoms with Crippen LogP contribution in [-0.2, 0) is 11.3 Å². The van der Waals surface area contributed by atoms with E-state index in [1.54, 1.807) is 38.7 Å². The quantitative estimate of drug-likeness (QED) is 0.592. The van der Waals surface area contributed by atoms with Gasteiger partial charge in [0.05, 0.1) is 11.7 Å². The van der Waals surface area contributed by atoms with Crippen LogP contribution in [0.2, 0.25) is 0 Å². The van der Waals surface area contributed by atoms with E-state index in [1.165, 1.54) is 6.33 Å². The van der Waals surface area contributed by atoms with Gasteiger partial charge in [0, 0.05) is 18.8 Å². The standard InChI is InChI=1S/C16H23N5O3/c1-10(2)24-16(23)13-11(3)14(20-12(13)4)15(22)18-6-5-7-21-9-17-8-19-21/h8-10,20H,5-7H2,1-4H3,(H,18,22). The molecule has 2 rings (SSSR count). The van der Waals surface area contributed by atoms with Crippen molar-refractivity contribution >= 4 is 11.9 Å². The summed E-state index contributed by atoms with van der Waals surface area (Å²) in [7, 11) is 0. The molecule has 0 atom stereocenters. The van der Waals surface area contributed by atoms with Gasteiger partial charge in [-0.15, -0.1) is 0 Å². The monoisotopic (exact) mass is 333 g/mol. The van der Waals surface area contributed by atoms with E-state index < -0.39 is 5.97 Å². The van der Waals surface area contributed by atoms with Crippen LogP contribution in [0.15, 0.2) is 12.7 Å². The largest absolute Gasteiger partial charge is 0.459 e. The average Bonchev–Trinajstić information content (AvgIpc) is 3.10. The van der Waals surface area contributed by atoms with Crippen molar-refractivity contribution in [2.45, 2.75) is 46.8 Å². The summed E-state index contributed by atoms with van der Waals surface area (Å²) in [5.74, 6) is -0.653. The Hall–Kier alpha value is -2.64. The molecule has 0 saturated carbocycles. The first-order valence-electron chi connectivity index (χ1n) is 7.91. The second-order valence-corrected chi connectivity index (χ2v) is 5.85. The van der Waals surface area contributed by atoms with E-state index in [1.807, 2.05) is 0 Å². The molecular weight excluding hydrogens is 310 g/mol. The first-order chi connectivity index (χ1) is 11.4. The van der Waals surface area contributed by atoms with E-state index in [0.29, 0.717) is 35.6 Å². The Morgan fingerprint density at radius 1 is 1.38 bits per heavy atom. The molecule has 2 aromatic heterocycles. The molecule has 0 aliphatic carbocycles. The van der Waals surface area contributed by atoms with E-state index in [2.05, 4.69) is 20.4 Å². The Labute approximate surface area is 140 Å². The molecule has 24 heavy (non-hydrogen) atoms. The summed E-state index contributed by atoms with van der Waals surface area (Å²) in [6.07, 6.45) is 3.63. The van der Waals surface area contributed by atoms with Crippen molar-refractivity contribution in [1.29, 1.82) is 0 Å². The molecule has 2 aromatic rings. The molecule has 1 amide bonds. The lowest BCUT2D eigenvalue weighted by Gasteiger charge is -2.08. The zero-order valence-corrected chi connectivity index (χ0v) is 14.4. The Morgan fingerprint density at radius 2 is 2.12 bits per heavy atom. The second kappa shape index (κ2) is 7.76. The molecule has 0 fully saturated rings. The second-order valence-electron chi connectivity index (χ2n) is 5.85. The normalized spacial score (nSPS) is 10.9. The molecule has 2 heterocycles. The number of carbonyl (C=O) groups excluding carboxylic acids is 2. The first-order valence-corrected chi connectivity index (χ1v) is 7.91. The molecule has 130 valence electrons. The topological polar surface area (TPSA) is 102 Å². The molecule has 0 aliphatic rings. The van der Waals surface area contributed by atoms with E-state index in [0.717, 1.165) is 6.42 Å². The summed E-state index contributed by atoms with van der Waals surface area (Å²) in [5.41, 5.74) is 2.05. The number of amides is 1. The minimum atomic E-state index is -0.415. The third-order valence-corrected chi connectivity index (χ3v) is 3.53. The first kappa shape index (κ1) is 17.7. The zero-order chi connectivity index (χ0) is 17.7. The van der Waals surface area contributed by atoms with Gasteiger partial charge in [0.2, 0.25) is 0 Å². The minimum absolute atomic E-state index is 0.208. The van der Waals surface area contributed by atoms with Crippen molar-refractivity contribution in [3.63, 3.8) is 0 Å². The van der Waals surface area contributed by atoms with Gasteiger partial charge in [-0.25, -0.2) is 9.78 Å². The van der Waals surface area contributed by atoms with Crippen LogP contribution in [0, 0.1) is 13.8 Å². The summed E-state index contributed by atoms with van der Waals surface area (Å²) in [6, 6.07) is 0. The minimum Gasteiger partial charge on any atom is -0.459 e. The summed E-state index contributed by atoms with van der Waals surface area (Å²) < 4.78 is 6.93. The lowest BCUT2D eigenvalue weighted by Crippen LogP contribution is -2.26. The highest BCUT2D eigenvalue weighted by Gasteiger charge is 2.23.